The zero-order valence-electron chi connectivity index (χ0n) is 12.0. The first kappa shape index (κ1) is 13.2. The van der Waals surface area contributed by atoms with Crippen LogP contribution in [-0.2, 0) is 6.54 Å². The summed E-state index contributed by atoms with van der Waals surface area (Å²) >= 11 is 0. The molecule has 2 aromatic carbocycles. The number of benzene rings is 2. The second-order valence-corrected chi connectivity index (χ2v) is 5.45. The minimum atomic E-state index is 0.479. The molecule has 2 heteroatoms. The Morgan fingerprint density at radius 2 is 1.80 bits per heavy atom. The van der Waals surface area contributed by atoms with E-state index in [0.717, 1.165) is 13.1 Å². The highest BCUT2D eigenvalue weighted by atomic mass is 15.1. The molecular weight excluding hydrogens is 244 g/mol. The zero-order valence-corrected chi connectivity index (χ0v) is 12.0. The van der Waals surface area contributed by atoms with E-state index in [1.807, 2.05) is 0 Å². The van der Waals surface area contributed by atoms with Gasteiger partial charge in [0.1, 0.15) is 0 Å². The summed E-state index contributed by atoms with van der Waals surface area (Å²) in [6.45, 7) is 2.12. The summed E-state index contributed by atoms with van der Waals surface area (Å²) in [5.41, 5.74) is 4.20. The molecule has 0 spiro atoms. The Hall–Kier alpha value is -1.80. The van der Waals surface area contributed by atoms with E-state index >= 15 is 0 Å². The second kappa shape index (κ2) is 6.10. The van der Waals surface area contributed by atoms with Gasteiger partial charge in [0, 0.05) is 24.8 Å². The third-order valence-corrected chi connectivity index (χ3v) is 4.14. The van der Waals surface area contributed by atoms with Crippen LogP contribution in [0.1, 0.15) is 30.0 Å². The van der Waals surface area contributed by atoms with Crippen LogP contribution in [0.4, 0.5) is 5.69 Å². The normalized spacial score (nSPS) is 18.4. The summed E-state index contributed by atoms with van der Waals surface area (Å²) in [7, 11) is 2.06. The van der Waals surface area contributed by atoms with E-state index in [0.29, 0.717) is 6.04 Å². The van der Waals surface area contributed by atoms with Crippen LogP contribution in [0.3, 0.4) is 0 Å². The van der Waals surface area contributed by atoms with Crippen molar-refractivity contribution < 1.29 is 0 Å². The minimum Gasteiger partial charge on any atom is -0.367 e. The van der Waals surface area contributed by atoms with Gasteiger partial charge in [0.05, 0.1) is 0 Å². The molecule has 20 heavy (non-hydrogen) atoms. The molecule has 0 bridgehead atoms. The lowest BCUT2D eigenvalue weighted by atomic mass is 10.0. The maximum atomic E-state index is 3.46. The Morgan fingerprint density at radius 1 is 1.05 bits per heavy atom. The van der Waals surface area contributed by atoms with Gasteiger partial charge in [0.25, 0.3) is 0 Å². The second-order valence-electron chi connectivity index (χ2n) is 5.45. The van der Waals surface area contributed by atoms with Gasteiger partial charge in [-0.25, -0.2) is 0 Å². The first-order chi connectivity index (χ1) is 9.88. The lowest BCUT2D eigenvalue weighted by molar-refractivity contribution is 0.541. The lowest BCUT2D eigenvalue weighted by Crippen LogP contribution is -2.23. The summed E-state index contributed by atoms with van der Waals surface area (Å²) in [6.07, 6.45) is 2.44. The van der Waals surface area contributed by atoms with E-state index in [2.05, 4.69) is 71.9 Å². The van der Waals surface area contributed by atoms with E-state index in [1.54, 1.807) is 0 Å². The highest BCUT2D eigenvalue weighted by Gasteiger charge is 2.21. The largest absolute Gasteiger partial charge is 0.367 e. The van der Waals surface area contributed by atoms with Crippen molar-refractivity contribution in [3.63, 3.8) is 0 Å². The van der Waals surface area contributed by atoms with Crippen molar-refractivity contribution in [2.24, 2.45) is 0 Å². The third-order valence-electron chi connectivity index (χ3n) is 4.14. The van der Waals surface area contributed by atoms with Gasteiger partial charge in [-0.05, 0) is 37.1 Å². The highest BCUT2D eigenvalue weighted by molar-refractivity contribution is 5.56. The molecule has 2 nitrogen and oxygen atoms in total. The number of nitrogens with one attached hydrogen (secondary N) is 1. The molecule has 0 amide bonds. The van der Waals surface area contributed by atoms with Crippen LogP contribution >= 0.6 is 0 Å². The highest BCUT2D eigenvalue weighted by Crippen LogP contribution is 2.33. The molecule has 0 aliphatic carbocycles. The van der Waals surface area contributed by atoms with Crippen LogP contribution in [-0.4, -0.2) is 13.6 Å². The van der Waals surface area contributed by atoms with E-state index in [-0.39, 0.29) is 0 Å². The van der Waals surface area contributed by atoms with E-state index in [4.69, 9.17) is 0 Å². The lowest BCUT2D eigenvalue weighted by Gasteiger charge is -2.26. The molecule has 0 aromatic heterocycles. The number of anilines is 1. The van der Waals surface area contributed by atoms with Crippen LogP contribution < -0.4 is 10.2 Å². The number of para-hydroxylation sites is 1. The van der Waals surface area contributed by atoms with Crippen LogP contribution in [0, 0.1) is 0 Å². The third kappa shape index (κ3) is 2.70. The number of rotatable bonds is 3. The predicted octanol–water partition coefficient (Wildman–Crippen LogP) is 3.75. The quantitative estimate of drug-likeness (QED) is 0.910. The first-order valence-electron chi connectivity index (χ1n) is 7.43. The number of nitrogens with zero attached hydrogens (tertiary/aromatic N) is 1. The van der Waals surface area contributed by atoms with Gasteiger partial charge in [-0.3, -0.25) is 0 Å². The molecule has 1 aliphatic heterocycles. The van der Waals surface area contributed by atoms with Crippen molar-refractivity contribution >= 4 is 5.69 Å². The zero-order chi connectivity index (χ0) is 13.8. The van der Waals surface area contributed by atoms with Crippen LogP contribution in [0.5, 0.6) is 0 Å². The average Bonchev–Trinajstić information content (AvgIpc) is 2.68. The standard InChI is InChI=1S/C18H22N2/c1-19-17-11-7-13-20(14-15-8-3-2-4-9-15)18-12-6-5-10-16(17)18/h2-6,8-10,12,17,19H,7,11,13-14H2,1H3. The number of hydrogen-bond acceptors (Lipinski definition) is 2. The Morgan fingerprint density at radius 3 is 2.60 bits per heavy atom. The van der Waals surface area contributed by atoms with Crippen molar-refractivity contribution in [1.82, 2.24) is 5.32 Å². The molecule has 2 aromatic rings. The van der Waals surface area contributed by atoms with E-state index < -0.39 is 0 Å². The van der Waals surface area contributed by atoms with Crippen molar-refractivity contribution in [2.45, 2.75) is 25.4 Å². The molecule has 0 saturated heterocycles. The summed E-state index contributed by atoms with van der Waals surface area (Å²) < 4.78 is 0. The fourth-order valence-corrected chi connectivity index (χ4v) is 3.10. The van der Waals surface area contributed by atoms with Gasteiger partial charge in [-0.15, -0.1) is 0 Å². The summed E-state index contributed by atoms with van der Waals surface area (Å²) in [6, 6.07) is 20.0. The Balaban J connectivity index is 1.91. The van der Waals surface area contributed by atoms with Gasteiger partial charge in [-0.1, -0.05) is 48.5 Å². The monoisotopic (exact) mass is 266 g/mol. The molecule has 0 radical (unpaired) electrons. The molecular formula is C18H22N2. The summed E-state index contributed by atoms with van der Waals surface area (Å²) in [4.78, 5) is 2.52. The fourth-order valence-electron chi connectivity index (χ4n) is 3.10. The van der Waals surface area contributed by atoms with Crippen LogP contribution in [0.2, 0.25) is 0 Å². The summed E-state index contributed by atoms with van der Waals surface area (Å²) in [5.74, 6) is 0. The van der Waals surface area contributed by atoms with Crippen molar-refractivity contribution in [3.8, 4) is 0 Å². The van der Waals surface area contributed by atoms with Crippen molar-refractivity contribution in [1.29, 1.82) is 0 Å². The van der Waals surface area contributed by atoms with Crippen LogP contribution in [0.15, 0.2) is 54.6 Å². The topological polar surface area (TPSA) is 15.3 Å². The molecule has 104 valence electrons. The average molecular weight is 266 g/mol. The molecule has 0 saturated carbocycles. The van der Waals surface area contributed by atoms with Crippen molar-refractivity contribution in [3.05, 3.63) is 65.7 Å². The van der Waals surface area contributed by atoms with Crippen molar-refractivity contribution in [2.75, 3.05) is 18.5 Å². The maximum absolute atomic E-state index is 3.46. The molecule has 1 heterocycles. The molecule has 1 N–H and O–H groups in total. The van der Waals surface area contributed by atoms with Gasteiger partial charge >= 0.3 is 0 Å². The van der Waals surface area contributed by atoms with Gasteiger partial charge in [-0.2, -0.15) is 0 Å². The smallest absolute Gasteiger partial charge is 0.0429 e. The molecule has 3 rings (SSSR count). The number of fused-ring (bicyclic) bond motifs is 1. The Labute approximate surface area is 121 Å². The van der Waals surface area contributed by atoms with Gasteiger partial charge in [0.15, 0.2) is 0 Å². The van der Waals surface area contributed by atoms with Gasteiger partial charge < -0.3 is 10.2 Å². The molecule has 1 aliphatic rings. The Bertz CT molecular complexity index is 550. The van der Waals surface area contributed by atoms with Gasteiger partial charge in [0.2, 0.25) is 0 Å². The Kier molecular flexibility index (Phi) is 4.03. The molecule has 1 atom stereocenters. The van der Waals surface area contributed by atoms with Crippen LogP contribution in [0.25, 0.3) is 0 Å². The summed E-state index contributed by atoms with van der Waals surface area (Å²) in [5, 5.41) is 3.46. The fraction of sp³-hybridized carbons (Fsp3) is 0.333. The SMILES string of the molecule is CNC1CCCN(Cc2ccccc2)c2ccccc21. The first-order valence-corrected chi connectivity index (χ1v) is 7.43. The maximum Gasteiger partial charge on any atom is 0.0429 e. The molecule has 1 unspecified atom stereocenters. The minimum absolute atomic E-state index is 0.479. The predicted molar refractivity (Wildman–Crippen MR) is 85.0 cm³/mol. The number of hydrogen-bond donors (Lipinski definition) is 1. The van der Waals surface area contributed by atoms with E-state index in [9.17, 15) is 0 Å². The molecule has 0 fully saturated rings. The van der Waals surface area contributed by atoms with E-state index in [1.165, 1.54) is 29.7 Å².